The molecule has 2 aromatic heterocycles. The minimum absolute atomic E-state index is 0. The fourth-order valence-corrected chi connectivity index (χ4v) is 7.21. The fraction of sp³-hybridized carbons (Fsp3) is 0.294. The molecule has 0 saturated heterocycles. The van der Waals surface area contributed by atoms with Crippen LogP contribution in [0.5, 0.6) is 17.6 Å². The fourth-order valence-electron chi connectivity index (χ4n) is 4.67. The van der Waals surface area contributed by atoms with Crippen molar-refractivity contribution in [1.82, 2.24) is 40.3 Å². The number of aryl methyl sites for hydroxylation is 1. The number of sulfonamides is 2. The number of nitrogens with zero attached hydrogens (tertiary/aromatic N) is 4. The smallest absolute Gasteiger partial charge is 0.481 e. The van der Waals surface area contributed by atoms with Crippen LogP contribution < -0.4 is 74.8 Å². The number of hydroxylamine groups is 2. The number of carbonyl (C=O) groups is 4. The van der Waals surface area contributed by atoms with Crippen LogP contribution >= 0.6 is 24.1 Å². The second kappa shape index (κ2) is 28.1. The molecule has 4 amide bonds. The van der Waals surface area contributed by atoms with Crippen molar-refractivity contribution in [1.29, 1.82) is 0 Å². The van der Waals surface area contributed by atoms with Crippen molar-refractivity contribution in [3.63, 3.8) is 0 Å². The van der Waals surface area contributed by atoms with Crippen LogP contribution in [0.2, 0.25) is 0 Å². The van der Waals surface area contributed by atoms with Gasteiger partial charge in [-0.3, -0.25) is 10.6 Å². The predicted molar refractivity (Wildman–Crippen MR) is 228 cm³/mol. The number of benzene rings is 2. The van der Waals surface area contributed by atoms with Gasteiger partial charge in [-0.25, -0.2) is 50.4 Å². The van der Waals surface area contributed by atoms with Crippen LogP contribution in [0.25, 0.3) is 0 Å². The van der Waals surface area contributed by atoms with Crippen LogP contribution in [-0.2, 0) is 61.3 Å². The minimum Gasteiger partial charge on any atom is -0.481 e. The Hall–Kier alpha value is -5.16. The van der Waals surface area contributed by atoms with Gasteiger partial charge in [0.15, 0.2) is 0 Å². The van der Waals surface area contributed by atoms with Gasteiger partial charge in [0.1, 0.15) is 9.79 Å². The van der Waals surface area contributed by atoms with Crippen LogP contribution in [0.3, 0.4) is 0 Å². The van der Waals surface area contributed by atoms with Crippen molar-refractivity contribution in [2.75, 3.05) is 58.7 Å². The first kappa shape index (κ1) is 57.0. The van der Waals surface area contributed by atoms with E-state index in [1.807, 2.05) is 4.72 Å². The second-order valence-corrected chi connectivity index (χ2v) is 15.9. The van der Waals surface area contributed by atoms with Crippen LogP contribution in [0.1, 0.15) is 37.5 Å². The van der Waals surface area contributed by atoms with Crippen molar-refractivity contribution in [3.8, 4) is 17.6 Å². The van der Waals surface area contributed by atoms with E-state index in [-0.39, 0.29) is 83.3 Å². The van der Waals surface area contributed by atoms with Gasteiger partial charge < -0.3 is 23.7 Å². The van der Waals surface area contributed by atoms with E-state index < -0.39 is 53.8 Å². The monoisotopic (exact) mass is 1010 g/mol. The molecule has 0 fully saturated rings. The van der Waals surface area contributed by atoms with Gasteiger partial charge in [-0.2, -0.15) is 25.9 Å². The number of aromatic nitrogens is 4. The van der Waals surface area contributed by atoms with E-state index in [4.69, 9.17) is 14.2 Å². The number of carbonyl (C=O) groups excluding carboxylic acids is 4. The van der Waals surface area contributed by atoms with Crippen LogP contribution in [0.4, 0.5) is 21.5 Å². The number of ether oxygens (including phenoxy) is 5. The first-order valence-electron chi connectivity index (χ1n) is 17.6. The molecule has 66 heavy (non-hydrogen) atoms. The minimum atomic E-state index is -4.54. The van der Waals surface area contributed by atoms with Gasteiger partial charge in [0.25, 0.3) is 20.0 Å². The van der Waals surface area contributed by atoms with Crippen molar-refractivity contribution in [2.45, 2.75) is 29.8 Å². The molecule has 0 radical (unpaired) electrons. The Morgan fingerprint density at radius 3 is 1.32 bits per heavy atom. The van der Waals surface area contributed by atoms with Crippen molar-refractivity contribution in [2.24, 2.45) is 0 Å². The number of esters is 2. The zero-order valence-corrected chi connectivity index (χ0v) is 41.7. The summed E-state index contributed by atoms with van der Waals surface area (Å²) in [7, 11) is -2.79. The summed E-state index contributed by atoms with van der Waals surface area (Å²) in [4.78, 5) is 72.7. The van der Waals surface area contributed by atoms with Gasteiger partial charge in [0.2, 0.25) is 29.5 Å². The molecule has 0 aliphatic carbocycles. The normalized spacial score (nSPS) is 10.8. The molecular weight excluding hydrogens is 972 g/mol. The number of hydrogen-bond donors (Lipinski definition) is 6. The van der Waals surface area contributed by atoms with Crippen LogP contribution in [-0.4, -0.2) is 109 Å². The quantitative estimate of drug-likeness (QED) is 0.0151. The van der Waals surface area contributed by atoms with Gasteiger partial charge in [-0.05, 0) is 42.3 Å². The molecule has 0 saturated carbocycles. The maximum atomic E-state index is 12.9. The van der Waals surface area contributed by atoms with Crippen molar-refractivity contribution >= 4 is 80.0 Å². The summed E-state index contributed by atoms with van der Waals surface area (Å²) < 4.78 is 88.5. The SMILES string of the molecule is COC(=O)c1ccc(CNOOSC)cc1S(=O)(=O)NC(=O)Nc1nc(C)cc(OC)n1.COC(=O)c1ccc(CNOOSC)cc1S(=O)(=O)NC(=O)Nc1nc(OC)cc(OC)n1.[Na+]. The molecular formula is C34H42N10NaO17S4+. The molecule has 27 nitrogen and oxygen atoms in total. The summed E-state index contributed by atoms with van der Waals surface area (Å²) >= 11 is 1.89. The summed E-state index contributed by atoms with van der Waals surface area (Å²) in [6.45, 7) is 1.70. The van der Waals surface area contributed by atoms with Gasteiger partial charge in [-0.15, -0.1) is 18.6 Å². The number of urea groups is 2. The van der Waals surface area contributed by atoms with Gasteiger partial charge in [0.05, 0.1) is 52.7 Å². The molecule has 0 aliphatic heterocycles. The molecule has 354 valence electrons. The summed E-state index contributed by atoms with van der Waals surface area (Å²) in [6.07, 6.45) is 3.26. The molecule has 0 unspecified atom stereocenters. The standard InChI is InChI=1S/C17H21N5O9S2.C17H21N5O8S2.Na/c1-27-13-8-14(28-2)20-16(19-13)21-17(24)22-33(25,26)12-7-10(9-18-30-31-32-4)5-6-11(12)15(23)29-3;1-10-7-14(27-2)20-16(19-10)21-17(24)22-32(25,26)13-8-11(9-18-29-30-31-4)5-6-12(13)15(23)28-3;/h5-8,18H,9H2,1-4H3,(H2,19,20,21,22,24);5-8,18H,9H2,1-4H3,(H2,19,20,21,22,24);/q;;+1. The van der Waals surface area contributed by atoms with E-state index in [2.05, 4.69) is 69.6 Å². The molecule has 2 heterocycles. The number of rotatable bonds is 21. The molecule has 0 bridgehead atoms. The third-order valence-electron chi connectivity index (χ3n) is 7.40. The van der Waals surface area contributed by atoms with Crippen LogP contribution in [0, 0.1) is 6.92 Å². The summed E-state index contributed by atoms with van der Waals surface area (Å²) in [5.74, 6) is -1.96. The largest absolute Gasteiger partial charge is 1.00 e. The second-order valence-electron chi connectivity index (χ2n) is 11.7. The molecule has 6 N–H and O–H groups in total. The molecule has 0 spiro atoms. The van der Waals surface area contributed by atoms with E-state index in [1.165, 1.54) is 69.9 Å². The Bertz CT molecular complexity index is 2510. The molecule has 0 atom stereocenters. The van der Waals surface area contributed by atoms with E-state index >= 15 is 0 Å². The average molecular weight is 1010 g/mol. The molecule has 0 aliphatic rings. The maximum Gasteiger partial charge on any atom is 1.00 e. The topological polar surface area (TPSA) is 343 Å². The number of nitrogens with one attached hydrogen (secondary N) is 6. The predicted octanol–water partition coefficient (Wildman–Crippen LogP) is -0.653. The Labute approximate surface area is 408 Å². The van der Waals surface area contributed by atoms with Gasteiger partial charge >= 0.3 is 53.6 Å². The van der Waals surface area contributed by atoms with Crippen LogP contribution in [0.15, 0.2) is 58.3 Å². The molecule has 4 rings (SSSR count). The molecule has 2 aromatic carbocycles. The van der Waals surface area contributed by atoms with E-state index in [9.17, 15) is 36.0 Å². The Morgan fingerprint density at radius 1 is 0.576 bits per heavy atom. The summed E-state index contributed by atoms with van der Waals surface area (Å²) in [5, 5.41) is 4.37. The zero-order valence-electron chi connectivity index (χ0n) is 36.4. The number of anilines is 2. The van der Waals surface area contributed by atoms with Gasteiger partial charge in [-0.1, -0.05) is 12.1 Å². The Morgan fingerprint density at radius 2 is 0.955 bits per heavy atom. The third kappa shape index (κ3) is 17.9. The zero-order chi connectivity index (χ0) is 48.2. The van der Waals surface area contributed by atoms with Crippen molar-refractivity contribution < 1.29 is 108 Å². The van der Waals surface area contributed by atoms with E-state index in [0.29, 0.717) is 16.8 Å². The Kier molecular flexibility index (Phi) is 24.3. The third-order valence-corrected chi connectivity index (χ3v) is 10.5. The maximum absolute atomic E-state index is 12.9. The van der Waals surface area contributed by atoms with Crippen molar-refractivity contribution in [3.05, 3.63) is 76.5 Å². The molecule has 4 aromatic rings. The van der Waals surface area contributed by atoms with E-state index in [0.717, 1.165) is 38.3 Å². The molecule has 32 heteroatoms. The van der Waals surface area contributed by atoms with Gasteiger partial charge in [0, 0.05) is 61.4 Å². The Balaban J connectivity index is 0.000000447. The number of methoxy groups -OCH3 is 5. The first-order chi connectivity index (χ1) is 30.9. The summed E-state index contributed by atoms with van der Waals surface area (Å²) in [6, 6.07) is 8.33. The first-order valence-corrected chi connectivity index (χ1v) is 22.9. The number of hydrogen-bond acceptors (Lipinski definition) is 25. The summed E-state index contributed by atoms with van der Waals surface area (Å²) in [5.41, 5.74) is 5.63. The van der Waals surface area contributed by atoms with E-state index in [1.54, 1.807) is 24.2 Å². The average Bonchev–Trinajstić information content (AvgIpc) is 3.27. The number of amides is 4.